The molecule has 6 nitrogen and oxygen atoms in total. The molecule has 0 amide bonds. The van der Waals surface area contributed by atoms with Crippen LogP contribution in [0.15, 0.2) is 30.5 Å². The standard InChI is InChI=1S/C17H18F3N3O3/c1-26-15(16(24)25)12-8-23(9-12)7-11-6-21-22-14(11)10-2-4-13(5-3-10)17(18,19)20/h2-6,12,15H,7-9H2,1H3,(H,21,22)(H,24,25). The fourth-order valence-corrected chi connectivity index (χ4v) is 3.17. The van der Waals surface area contributed by atoms with Gasteiger partial charge in [-0.3, -0.25) is 10.00 Å². The minimum Gasteiger partial charge on any atom is -0.479 e. The van der Waals surface area contributed by atoms with Crippen LogP contribution in [-0.2, 0) is 22.3 Å². The lowest BCUT2D eigenvalue weighted by molar-refractivity contribution is -0.156. The van der Waals surface area contributed by atoms with Crippen molar-refractivity contribution < 1.29 is 27.8 Å². The molecule has 2 aromatic rings. The van der Waals surface area contributed by atoms with E-state index in [4.69, 9.17) is 9.84 Å². The second kappa shape index (κ2) is 7.08. The van der Waals surface area contributed by atoms with Crippen LogP contribution in [0.25, 0.3) is 11.3 Å². The van der Waals surface area contributed by atoms with Crippen LogP contribution in [-0.4, -0.2) is 52.5 Å². The topological polar surface area (TPSA) is 78.5 Å². The molecule has 1 aromatic carbocycles. The molecule has 0 radical (unpaired) electrons. The highest BCUT2D eigenvalue weighted by molar-refractivity contribution is 5.73. The van der Waals surface area contributed by atoms with E-state index in [1.54, 1.807) is 6.20 Å². The molecular weight excluding hydrogens is 351 g/mol. The number of H-pyrrole nitrogens is 1. The number of nitrogens with zero attached hydrogens (tertiary/aromatic N) is 2. The van der Waals surface area contributed by atoms with E-state index in [2.05, 4.69) is 10.2 Å². The van der Waals surface area contributed by atoms with Gasteiger partial charge >= 0.3 is 12.1 Å². The highest BCUT2D eigenvalue weighted by Gasteiger charge is 2.38. The van der Waals surface area contributed by atoms with Crippen LogP contribution in [0.1, 0.15) is 11.1 Å². The van der Waals surface area contributed by atoms with Gasteiger partial charge in [0.1, 0.15) is 0 Å². The smallest absolute Gasteiger partial charge is 0.416 e. The molecule has 3 rings (SSSR count). The number of carbonyl (C=O) groups is 1. The second-order valence-electron chi connectivity index (χ2n) is 6.29. The number of ether oxygens (including phenoxy) is 1. The number of nitrogens with one attached hydrogen (secondary N) is 1. The molecule has 1 aromatic heterocycles. The molecule has 0 spiro atoms. The first-order chi connectivity index (χ1) is 12.3. The Hall–Kier alpha value is -2.39. The van der Waals surface area contributed by atoms with Gasteiger partial charge in [0.05, 0.1) is 17.5 Å². The Morgan fingerprint density at radius 1 is 1.38 bits per heavy atom. The predicted molar refractivity (Wildman–Crippen MR) is 86.2 cm³/mol. The molecule has 1 fully saturated rings. The number of halogens is 3. The first kappa shape index (κ1) is 18.4. The first-order valence-corrected chi connectivity index (χ1v) is 7.97. The molecule has 1 aliphatic heterocycles. The Morgan fingerprint density at radius 3 is 2.58 bits per heavy atom. The van der Waals surface area contributed by atoms with Crippen LogP contribution in [0.4, 0.5) is 13.2 Å². The minimum absolute atomic E-state index is 0.0843. The Bertz CT molecular complexity index is 768. The van der Waals surface area contributed by atoms with E-state index in [0.29, 0.717) is 30.9 Å². The summed E-state index contributed by atoms with van der Waals surface area (Å²) in [5.41, 5.74) is 1.41. The summed E-state index contributed by atoms with van der Waals surface area (Å²) in [6.45, 7) is 1.67. The van der Waals surface area contributed by atoms with E-state index in [0.717, 1.165) is 17.7 Å². The molecular formula is C17H18F3N3O3. The third-order valence-corrected chi connectivity index (χ3v) is 4.52. The summed E-state index contributed by atoms with van der Waals surface area (Å²) in [5, 5.41) is 15.9. The van der Waals surface area contributed by atoms with Crippen LogP contribution < -0.4 is 0 Å². The van der Waals surface area contributed by atoms with E-state index in [1.807, 2.05) is 4.90 Å². The molecule has 0 saturated carbocycles. The van der Waals surface area contributed by atoms with Crippen molar-refractivity contribution in [3.63, 3.8) is 0 Å². The molecule has 1 aliphatic rings. The van der Waals surface area contributed by atoms with Crippen molar-refractivity contribution in [1.29, 1.82) is 0 Å². The maximum Gasteiger partial charge on any atom is 0.416 e. The molecule has 26 heavy (non-hydrogen) atoms. The number of hydrogen-bond acceptors (Lipinski definition) is 4. The van der Waals surface area contributed by atoms with Gasteiger partial charge in [-0.05, 0) is 17.7 Å². The highest BCUT2D eigenvalue weighted by Crippen LogP contribution is 2.32. The zero-order valence-corrected chi connectivity index (χ0v) is 14.0. The number of hydrogen-bond donors (Lipinski definition) is 2. The van der Waals surface area contributed by atoms with Gasteiger partial charge < -0.3 is 9.84 Å². The molecule has 0 bridgehead atoms. The van der Waals surface area contributed by atoms with Crippen molar-refractivity contribution in [1.82, 2.24) is 15.1 Å². The normalized spacial score (nSPS) is 17.1. The summed E-state index contributed by atoms with van der Waals surface area (Å²) in [4.78, 5) is 13.1. The lowest BCUT2D eigenvalue weighted by Gasteiger charge is -2.41. The SMILES string of the molecule is COC(C(=O)O)C1CN(Cc2cn[nH]c2-c2ccc(C(F)(F)F)cc2)C1. The molecule has 0 aliphatic carbocycles. The summed E-state index contributed by atoms with van der Waals surface area (Å²) in [7, 11) is 1.38. The maximum absolute atomic E-state index is 12.7. The van der Waals surface area contributed by atoms with Crippen LogP contribution in [0.2, 0.25) is 0 Å². The number of carboxylic acids is 1. The number of rotatable bonds is 6. The third-order valence-electron chi connectivity index (χ3n) is 4.52. The summed E-state index contributed by atoms with van der Waals surface area (Å²) in [5.74, 6) is -1.06. The monoisotopic (exact) mass is 369 g/mol. The number of aliphatic carboxylic acids is 1. The lowest BCUT2D eigenvalue weighted by Crippen LogP contribution is -2.53. The maximum atomic E-state index is 12.7. The zero-order valence-electron chi connectivity index (χ0n) is 14.0. The van der Waals surface area contributed by atoms with Crippen molar-refractivity contribution in [2.45, 2.75) is 18.8 Å². The van der Waals surface area contributed by atoms with Gasteiger partial charge in [-0.1, -0.05) is 12.1 Å². The molecule has 2 N–H and O–H groups in total. The Balaban J connectivity index is 1.66. The minimum atomic E-state index is -4.37. The van der Waals surface area contributed by atoms with E-state index in [9.17, 15) is 18.0 Å². The van der Waals surface area contributed by atoms with Crippen molar-refractivity contribution in [3.8, 4) is 11.3 Å². The van der Waals surface area contributed by atoms with E-state index in [-0.39, 0.29) is 5.92 Å². The quantitative estimate of drug-likeness (QED) is 0.819. The number of likely N-dealkylation sites (tertiary alicyclic amines) is 1. The first-order valence-electron chi connectivity index (χ1n) is 7.97. The predicted octanol–water partition coefficient (Wildman–Crippen LogP) is 2.63. The van der Waals surface area contributed by atoms with Crippen molar-refractivity contribution >= 4 is 5.97 Å². The number of aromatic nitrogens is 2. The Morgan fingerprint density at radius 2 is 2.04 bits per heavy atom. The Kier molecular flexibility index (Phi) is 5.01. The average Bonchev–Trinajstić information content (AvgIpc) is 3.00. The number of methoxy groups -OCH3 is 1. The van der Waals surface area contributed by atoms with Crippen LogP contribution in [0.5, 0.6) is 0 Å². The van der Waals surface area contributed by atoms with Gasteiger partial charge in [-0.15, -0.1) is 0 Å². The fourth-order valence-electron chi connectivity index (χ4n) is 3.17. The van der Waals surface area contributed by atoms with E-state index in [1.165, 1.54) is 19.2 Å². The van der Waals surface area contributed by atoms with E-state index < -0.39 is 23.8 Å². The number of carboxylic acid groups (broad SMARTS) is 1. The van der Waals surface area contributed by atoms with Gasteiger partial charge in [0.15, 0.2) is 6.10 Å². The highest BCUT2D eigenvalue weighted by atomic mass is 19.4. The molecule has 9 heteroatoms. The summed E-state index contributed by atoms with van der Waals surface area (Å²) in [6.07, 6.45) is -3.57. The van der Waals surface area contributed by atoms with Gasteiger partial charge in [-0.2, -0.15) is 18.3 Å². The molecule has 1 unspecified atom stereocenters. The average molecular weight is 369 g/mol. The number of benzene rings is 1. The van der Waals surface area contributed by atoms with Crippen molar-refractivity contribution in [2.24, 2.45) is 5.92 Å². The summed E-state index contributed by atoms with van der Waals surface area (Å²) < 4.78 is 43.0. The second-order valence-corrected chi connectivity index (χ2v) is 6.29. The molecule has 2 heterocycles. The van der Waals surface area contributed by atoms with Crippen molar-refractivity contribution in [3.05, 3.63) is 41.6 Å². The Labute approximate surface area is 147 Å². The molecule has 1 atom stereocenters. The number of aromatic amines is 1. The van der Waals surface area contributed by atoms with E-state index >= 15 is 0 Å². The van der Waals surface area contributed by atoms with Gasteiger partial charge in [0, 0.05) is 38.2 Å². The fraction of sp³-hybridized carbons (Fsp3) is 0.412. The van der Waals surface area contributed by atoms with Crippen molar-refractivity contribution in [2.75, 3.05) is 20.2 Å². The van der Waals surface area contributed by atoms with Gasteiger partial charge in [0.25, 0.3) is 0 Å². The van der Waals surface area contributed by atoms with Crippen LogP contribution in [0, 0.1) is 5.92 Å². The van der Waals surface area contributed by atoms with Crippen LogP contribution >= 0.6 is 0 Å². The van der Waals surface area contributed by atoms with Gasteiger partial charge in [-0.25, -0.2) is 4.79 Å². The number of alkyl halides is 3. The zero-order chi connectivity index (χ0) is 18.9. The molecule has 140 valence electrons. The summed E-state index contributed by atoms with van der Waals surface area (Å²) in [6, 6.07) is 4.89. The lowest BCUT2D eigenvalue weighted by atomic mass is 9.92. The van der Waals surface area contributed by atoms with Crippen LogP contribution in [0.3, 0.4) is 0 Å². The molecule has 1 saturated heterocycles. The third kappa shape index (κ3) is 3.73. The van der Waals surface area contributed by atoms with Gasteiger partial charge in [0.2, 0.25) is 0 Å². The largest absolute Gasteiger partial charge is 0.479 e. The summed E-state index contributed by atoms with van der Waals surface area (Å²) >= 11 is 0.